The molecule has 0 amide bonds. The molecule has 1 N–H and O–H groups in total. The highest BCUT2D eigenvalue weighted by Crippen LogP contribution is 2.15. The number of nitrogens with one attached hydrogen (secondary N) is 1. The van der Waals surface area contributed by atoms with Gasteiger partial charge in [-0.3, -0.25) is 0 Å². The maximum absolute atomic E-state index is 11.2. The molecule has 2 aliphatic rings. The molecule has 1 unspecified atom stereocenters. The average Bonchev–Trinajstić information content (AvgIpc) is 2.29. The monoisotopic (exact) mass is 247 g/mol. The molecular formula is C11H21NO3S. The van der Waals surface area contributed by atoms with Gasteiger partial charge in [-0.15, -0.1) is 0 Å². The van der Waals surface area contributed by atoms with Crippen molar-refractivity contribution < 1.29 is 13.2 Å². The van der Waals surface area contributed by atoms with Gasteiger partial charge in [-0.1, -0.05) is 0 Å². The summed E-state index contributed by atoms with van der Waals surface area (Å²) in [6, 6.07) is 0.369. The van der Waals surface area contributed by atoms with Gasteiger partial charge < -0.3 is 10.1 Å². The molecule has 0 aromatic heterocycles. The quantitative estimate of drug-likeness (QED) is 0.798. The summed E-state index contributed by atoms with van der Waals surface area (Å²) in [6.45, 7) is 1.76. The van der Waals surface area contributed by atoms with Crippen LogP contribution in [-0.4, -0.2) is 45.2 Å². The standard InChI is InChI=1S/C11H21NO3S/c13-16(14)7-4-10(5-8-16)12-9-11-3-1-2-6-15-11/h10-12H,1-9H2. The van der Waals surface area contributed by atoms with Crippen molar-refractivity contribution >= 4 is 9.84 Å². The highest BCUT2D eigenvalue weighted by Gasteiger charge is 2.24. The maximum atomic E-state index is 11.2. The molecule has 2 saturated heterocycles. The van der Waals surface area contributed by atoms with E-state index in [1.807, 2.05) is 0 Å². The predicted octanol–water partition coefficient (Wildman–Crippen LogP) is 0.722. The van der Waals surface area contributed by atoms with Crippen LogP contribution in [0.1, 0.15) is 32.1 Å². The number of rotatable bonds is 3. The van der Waals surface area contributed by atoms with Crippen molar-refractivity contribution in [1.82, 2.24) is 5.32 Å². The summed E-state index contributed by atoms with van der Waals surface area (Å²) < 4.78 is 28.1. The Bertz CT molecular complexity index is 295. The lowest BCUT2D eigenvalue weighted by atomic mass is 10.1. The Hall–Kier alpha value is -0.130. The van der Waals surface area contributed by atoms with Crippen LogP contribution in [0, 0.1) is 0 Å². The first kappa shape index (κ1) is 12.3. The lowest BCUT2D eigenvalue weighted by Gasteiger charge is -2.27. The van der Waals surface area contributed by atoms with Crippen molar-refractivity contribution in [3.05, 3.63) is 0 Å². The molecule has 5 heteroatoms. The Morgan fingerprint density at radius 2 is 1.88 bits per heavy atom. The molecule has 2 rings (SSSR count). The van der Waals surface area contributed by atoms with E-state index < -0.39 is 9.84 Å². The Morgan fingerprint density at radius 1 is 1.12 bits per heavy atom. The molecule has 2 fully saturated rings. The molecule has 0 aromatic rings. The molecule has 0 saturated carbocycles. The van der Waals surface area contributed by atoms with Crippen LogP contribution >= 0.6 is 0 Å². The van der Waals surface area contributed by atoms with Crippen LogP contribution in [0.3, 0.4) is 0 Å². The minimum Gasteiger partial charge on any atom is -0.377 e. The van der Waals surface area contributed by atoms with Crippen LogP contribution in [0.25, 0.3) is 0 Å². The number of ether oxygens (including phenoxy) is 1. The van der Waals surface area contributed by atoms with Gasteiger partial charge in [-0.25, -0.2) is 8.42 Å². The lowest BCUT2D eigenvalue weighted by molar-refractivity contribution is 0.0152. The molecule has 0 bridgehead atoms. The summed E-state index contributed by atoms with van der Waals surface area (Å²) in [5.74, 6) is 0.687. The molecule has 2 heterocycles. The molecule has 16 heavy (non-hydrogen) atoms. The van der Waals surface area contributed by atoms with E-state index in [1.165, 1.54) is 12.8 Å². The fourth-order valence-corrected chi connectivity index (χ4v) is 3.85. The molecule has 0 spiro atoms. The van der Waals surface area contributed by atoms with Crippen molar-refractivity contribution in [2.24, 2.45) is 0 Å². The second-order valence-electron chi connectivity index (χ2n) is 4.82. The fourth-order valence-electron chi connectivity index (χ4n) is 2.36. The number of sulfone groups is 1. The van der Waals surface area contributed by atoms with Gasteiger partial charge in [-0.05, 0) is 32.1 Å². The zero-order valence-electron chi connectivity index (χ0n) is 9.65. The summed E-state index contributed by atoms with van der Waals surface area (Å²) >= 11 is 0. The third-order valence-electron chi connectivity index (χ3n) is 3.46. The van der Waals surface area contributed by atoms with E-state index in [1.54, 1.807) is 0 Å². The van der Waals surface area contributed by atoms with Gasteiger partial charge in [0.2, 0.25) is 0 Å². The highest BCUT2D eigenvalue weighted by molar-refractivity contribution is 7.91. The number of hydrogen-bond acceptors (Lipinski definition) is 4. The van der Waals surface area contributed by atoms with Crippen molar-refractivity contribution in [3.8, 4) is 0 Å². The van der Waals surface area contributed by atoms with Gasteiger partial charge in [0.25, 0.3) is 0 Å². The van der Waals surface area contributed by atoms with E-state index in [2.05, 4.69) is 5.32 Å². The van der Waals surface area contributed by atoms with Crippen molar-refractivity contribution in [3.63, 3.8) is 0 Å². The smallest absolute Gasteiger partial charge is 0.150 e. The molecule has 0 radical (unpaired) electrons. The molecule has 1 atom stereocenters. The SMILES string of the molecule is O=S1(=O)CCC(NCC2CCCCO2)CC1. The topological polar surface area (TPSA) is 55.4 Å². The summed E-state index contributed by atoms with van der Waals surface area (Å²) in [7, 11) is -2.73. The molecule has 94 valence electrons. The summed E-state index contributed by atoms with van der Waals surface area (Å²) in [5.41, 5.74) is 0. The summed E-state index contributed by atoms with van der Waals surface area (Å²) in [4.78, 5) is 0. The van der Waals surface area contributed by atoms with Crippen LogP contribution in [0.5, 0.6) is 0 Å². The average molecular weight is 247 g/mol. The van der Waals surface area contributed by atoms with Crippen molar-refractivity contribution in [2.75, 3.05) is 24.7 Å². The first-order valence-corrected chi connectivity index (χ1v) is 8.03. The van der Waals surface area contributed by atoms with Crippen LogP contribution in [-0.2, 0) is 14.6 Å². The minimum absolute atomic E-state index is 0.340. The molecular weight excluding hydrogens is 226 g/mol. The maximum Gasteiger partial charge on any atom is 0.150 e. The van der Waals surface area contributed by atoms with E-state index in [0.717, 1.165) is 32.4 Å². The van der Waals surface area contributed by atoms with Crippen molar-refractivity contribution in [2.45, 2.75) is 44.2 Å². The van der Waals surface area contributed by atoms with Crippen LogP contribution < -0.4 is 5.32 Å². The van der Waals surface area contributed by atoms with E-state index in [-0.39, 0.29) is 0 Å². The summed E-state index contributed by atoms with van der Waals surface area (Å²) in [5, 5.41) is 3.44. The van der Waals surface area contributed by atoms with Crippen LogP contribution in [0.2, 0.25) is 0 Å². The molecule has 0 aliphatic carbocycles. The van der Waals surface area contributed by atoms with Crippen LogP contribution in [0.15, 0.2) is 0 Å². The zero-order valence-corrected chi connectivity index (χ0v) is 10.5. The van der Waals surface area contributed by atoms with Gasteiger partial charge >= 0.3 is 0 Å². The highest BCUT2D eigenvalue weighted by atomic mass is 32.2. The zero-order chi connectivity index (χ0) is 11.4. The Kier molecular flexibility index (Phi) is 4.21. The number of hydrogen-bond donors (Lipinski definition) is 1. The van der Waals surface area contributed by atoms with Crippen LogP contribution in [0.4, 0.5) is 0 Å². The Balaban J connectivity index is 1.67. The Labute approximate surface area is 97.7 Å². The lowest BCUT2D eigenvalue weighted by Crippen LogP contribution is -2.42. The van der Waals surface area contributed by atoms with E-state index in [0.29, 0.717) is 23.7 Å². The molecule has 4 nitrogen and oxygen atoms in total. The molecule has 0 aromatic carbocycles. The van der Waals surface area contributed by atoms with E-state index in [9.17, 15) is 8.42 Å². The van der Waals surface area contributed by atoms with Gasteiger partial charge in [0.05, 0.1) is 17.6 Å². The van der Waals surface area contributed by atoms with Gasteiger partial charge in [0.15, 0.2) is 0 Å². The van der Waals surface area contributed by atoms with Crippen molar-refractivity contribution in [1.29, 1.82) is 0 Å². The second-order valence-corrected chi connectivity index (χ2v) is 7.13. The normalized spacial score (nSPS) is 31.4. The van der Waals surface area contributed by atoms with Gasteiger partial charge in [0, 0.05) is 19.2 Å². The Morgan fingerprint density at radius 3 is 2.50 bits per heavy atom. The third-order valence-corrected chi connectivity index (χ3v) is 5.18. The molecule has 2 aliphatic heterocycles. The van der Waals surface area contributed by atoms with Gasteiger partial charge in [-0.2, -0.15) is 0 Å². The van der Waals surface area contributed by atoms with E-state index >= 15 is 0 Å². The first-order valence-electron chi connectivity index (χ1n) is 6.21. The predicted molar refractivity (Wildman–Crippen MR) is 63.3 cm³/mol. The summed E-state index contributed by atoms with van der Waals surface area (Å²) in [6.07, 6.45) is 5.43. The second kappa shape index (κ2) is 5.47. The fraction of sp³-hybridized carbons (Fsp3) is 1.00. The third kappa shape index (κ3) is 3.71. The van der Waals surface area contributed by atoms with Gasteiger partial charge in [0.1, 0.15) is 9.84 Å². The van der Waals surface area contributed by atoms with E-state index in [4.69, 9.17) is 4.74 Å². The largest absolute Gasteiger partial charge is 0.377 e. The first-order chi connectivity index (χ1) is 7.66. The minimum atomic E-state index is -2.73.